The molecule has 5 heteroatoms. The highest BCUT2D eigenvalue weighted by Gasteiger charge is 2.22. The molecule has 1 aliphatic heterocycles. The minimum atomic E-state index is 0.204. The fraction of sp³-hybridized carbons (Fsp3) is 0.500. The highest BCUT2D eigenvalue weighted by Crippen LogP contribution is 2.35. The van der Waals surface area contributed by atoms with E-state index in [1.54, 1.807) is 11.3 Å². The zero-order valence-corrected chi connectivity index (χ0v) is 13.4. The van der Waals surface area contributed by atoms with Crippen molar-refractivity contribution in [2.75, 3.05) is 23.3 Å². The Balaban J connectivity index is 2.00. The smallest absolute Gasteiger partial charge is 0.226 e. The molecule has 2 heterocycles. The molecule has 3 rings (SSSR count). The summed E-state index contributed by atoms with van der Waals surface area (Å²) in [5.41, 5.74) is 3.34. The number of fused-ring (bicyclic) bond motifs is 2. The normalized spacial score (nSPS) is 14.3. The number of amides is 1. The summed E-state index contributed by atoms with van der Waals surface area (Å²) < 4.78 is 1.21. The highest BCUT2D eigenvalue weighted by atomic mass is 32.1. The Morgan fingerprint density at radius 1 is 1.43 bits per heavy atom. The van der Waals surface area contributed by atoms with Crippen molar-refractivity contribution in [2.24, 2.45) is 0 Å². The minimum absolute atomic E-state index is 0.204. The predicted octanol–water partition coefficient (Wildman–Crippen LogP) is 3.81. The van der Waals surface area contributed by atoms with E-state index in [0.29, 0.717) is 6.42 Å². The third-order valence-electron chi connectivity index (χ3n) is 3.84. The molecule has 112 valence electrons. The number of aryl methyl sites for hydroxylation is 1. The van der Waals surface area contributed by atoms with Crippen molar-refractivity contribution in [3.05, 3.63) is 17.7 Å². The lowest BCUT2D eigenvalue weighted by atomic mass is 10.0. The SMILES string of the molecule is CCCNc1nc2cc3c(cc2s1)CCCN3C(=O)CC. The lowest BCUT2D eigenvalue weighted by Crippen LogP contribution is -2.34. The third kappa shape index (κ3) is 2.75. The molecule has 0 radical (unpaired) electrons. The summed E-state index contributed by atoms with van der Waals surface area (Å²) in [6.45, 7) is 5.84. The zero-order valence-electron chi connectivity index (χ0n) is 12.6. The van der Waals surface area contributed by atoms with Crippen molar-refractivity contribution in [3.8, 4) is 0 Å². The number of anilines is 2. The van der Waals surface area contributed by atoms with Crippen LogP contribution >= 0.6 is 11.3 Å². The number of rotatable bonds is 4. The molecule has 0 bridgehead atoms. The number of nitrogens with zero attached hydrogens (tertiary/aromatic N) is 2. The van der Waals surface area contributed by atoms with Crippen molar-refractivity contribution >= 4 is 38.3 Å². The number of aromatic nitrogens is 1. The number of benzene rings is 1. The summed E-state index contributed by atoms with van der Waals surface area (Å²) in [4.78, 5) is 18.7. The van der Waals surface area contributed by atoms with Crippen molar-refractivity contribution in [3.63, 3.8) is 0 Å². The summed E-state index contributed by atoms with van der Waals surface area (Å²) in [6, 6.07) is 4.31. The van der Waals surface area contributed by atoms with E-state index in [9.17, 15) is 4.79 Å². The average molecular weight is 303 g/mol. The van der Waals surface area contributed by atoms with Gasteiger partial charge in [0.05, 0.1) is 10.2 Å². The molecule has 0 saturated carbocycles. The lowest BCUT2D eigenvalue weighted by Gasteiger charge is -2.29. The first kappa shape index (κ1) is 14.3. The Kier molecular flexibility index (Phi) is 4.10. The van der Waals surface area contributed by atoms with Crippen LogP contribution in [0.5, 0.6) is 0 Å². The Hall–Kier alpha value is -1.62. The fourth-order valence-electron chi connectivity index (χ4n) is 2.76. The Morgan fingerprint density at radius 3 is 3.05 bits per heavy atom. The van der Waals surface area contributed by atoms with Gasteiger partial charge in [-0.15, -0.1) is 0 Å². The Labute approximate surface area is 129 Å². The van der Waals surface area contributed by atoms with Crippen LogP contribution in [-0.4, -0.2) is 24.0 Å². The summed E-state index contributed by atoms with van der Waals surface area (Å²) in [5, 5.41) is 4.32. The molecule has 0 aliphatic carbocycles. The first-order valence-electron chi connectivity index (χ1n) is 7.70. The monoisotopic (exact) mass is 303 g/mol. The topological polar surface area (TPSA) is 45.2 Å². The van der Waals surface area contributed by atoms with Crippen LogP contribution in [0.1, 0.15) is 38.7 Å². The second-order valence-electron chi connectivity index (χ2n) is 5.40. The Morgan fingerprint density at radius 2 is 2.29 bits per heavy atom. The zero-order chi connectivity index (χ0) is 14.8. The molecule has 0 atom stereocenters. The van der Waals surface area contributed by atoms with E-state index in [4.69, 9.17) is 0 Å². The second-order valence-corrected chi connectivity index (χ2v) is 6.43. The molecule has 0 unspecified atom stereocenters. The van der Waals surface area contributed by atoms with Gasteiger partial charge in [-0.3, -0.25) is 4.79 Å². The van der Waals surface area contributed by atoms with Crippen LogP contribution in [-0.2, 0) is 11.2 Å². The molecule has 0 fully saturated rings. The molecule has 1 N–H and O–H groups in total. The summed E-state index contributed by atoms with van der Waals surface area (Å²) in [5.74, 6) is 0.204. The molecule has 0 spiro atoms. The molecule has 1 aromatic heterocycles. The number of carbonyl (C=O) groups excluding carboxylic acids is 1. The van der Waals surface area contributed by atoms with E-state index in [0.717, 1.165) is 48.7 Å². The van der Waals surface area contributed by atoms with Crippen LogP contribution in [0.2, 0.25) is 0 Å². The summed E-state index contributed by atoms with van der Waals surface area (Å²) in [7, 11) is 0. The fourth-order valence-corrected chi connectivity index (χ4v) is 3.70. The van der Waals surface area contributed by atoms with E-state index in [2.05, 4.69) is 29.4 Å². The first-order valence-corrected chi connectivity index (χ1v) is 8.52. The van der Waals surface area contributed by atoms with Gasteiger partial charge in [0.2, 0.25) is 5.91 Å². The first-order chi connectivity index (χ1) is 10.2. The third-order valence-corrected chi connectivity index (χ3v) is 4.81. The van der Waals surface area contributed by atoms with E-state index in [1.165, 1.54) is 10.3 Å². The molecular formula is C16H21N3OS. The van der Waals surface area contributed by atoms with Gasteiger partial charge in [0.15, 0.2) is 5.13 Å². The molecule has 2 aromatic rings. The molecule has 4 nitrogen and oxygen atoms in total. The van der Waals surface area contributed by atoms with Crippen LogP contribution in [0, 0.1) is 0 Å². The number of hydrogen-bond donors (Lipinski definition) is 1. The van der Waals surface area contributed by atoms with Gasteiger partial charge in [-0.1, -0.05) is 25.2 Å². The van der Waals surface area contributed by atoms with E-state index < -0.39 is 0 Å². The maximum atomic E-state index is 12.1. The lowest BCUT2D eigenvalue weighted by molar-refractivity contribution is -0.118. The van der Waals surface area contributed by atoms with Gasteiger partial charge in [0, 0.05) is 25.2 Å². The second kappa shape index (κ2) is 6.02. The molecule has 1 amide bonds. The van der Waals surface area contributed by atoms with Gasteiger partial charge in [0.25, 0.3) is 0 Å². The molecule has 1 aromatic carbocycles. The largest absolute Gasteiger partial charge is 0.361 e. The molecule has 21 heavy (non-hydrogen) atoms. The van der Waals surface area contributed by atoms with E-state index >= 15 is 0 Å². The van der Waals surface area contributed by atoms with Crippen molar-refractivity contribution in [1.29, 1.82) is 0 Å². The molecule has 1 aliphatic rings. The van der Waals surface area contributed by atoms with Crippen LogP contribution < -0.4 is 10.2 Å². The van der Waals surface area contributed by atoms with Gasteiger partial charge >= 0.3 is 0 Å². The van der Waals surface area contributed by atoms with Gasteiger partial charge in [-0.2, -0.15) is 0 Å². The van der Waals surface area contributed by atoms with Crippen LogP contribution in [0.4, 0.5) is 10.8 Å². The quantitative estimate of drug-likeness (QED) is 0.934. The number of thiazole rings is 1. The molecule has 0 saturated heterocycles. The van der Waals surface area contributed by atoms with Gasteiger partial charge in [0.1, 0.15) is 0 Å². The van der Waals surface area contributed by atoms with Gasteiger partial charge in [-0.05, 0) is 37.0 Å². The minimum Gasteiger partial charge on any atom is -0.361 e. The predicted molar refractivity (Wildman–Crippen MR) is 89.4 cm³/mol. The number of nitrogens with one attached hydrogen (secondary N) is 1. The highest BCUT2D eigenvalue weighted by molar-refractivity contribution is 7.22. The number of hydrogen-bond acceptors (Lipinski definition) is 4. The summed E-state index contributed by atoms with van der Waals surface area (Å²) >= 11 is 1.70. The van der Waals surface area contributed by atoms with Crippen LogP contribution in [0.25, 0.3) is 10.2 Å². The van der Waals surface area contributed by atoms with Crippen molar-refractivity contribution < 1.29 is 4.79 Å². The maximum Gasteiger partial charge on any atom is 0.226 e. The van der Waals surface area contributed by atoms with Crippen molar-refractivity contribution in [1.82, 2.24) is 4.98 Å². The molecular weight excluding hydrogens is 282 g/mol. The van der Waals surface area contributed by atoms with Gasteiger partial charge < -0.3 is 10.2 Å². The maximum absolute atomic E-state index is 12.1. The van der Waals surface area contributed by atoms with Gasteiger partial charge in [-0.25, -0.2) is 4.98 Å². The van der Waals surface area contributed by atoms with Crippen LogP contribution in [0.3, 0.4) is 0 Å². The summed E-state index contributed by atoms with van der Waals surface area (Å²) in [6.07, 6.45) is 3.74. The van der Waals surface area contributed by atoms with E-state index in [-0.39, 0.29) is 5.91 Å². The number of carbonyl (C=O) groups is 1. The average Bonchev–Trinajstić information content (AvgIpc) is 2.90. The van der Waals surface area contributed by atoms with Crippen molar-refractivity contribution in [2.45, 2.75) is 39.5 Å². The standard InChI is InChI=1S/C16H21N3OS/c1-3-7-17-16-18-12-10-13-11(9-14(12)21-16)6-5-8-19(13)15(20)4-2/h9-10H,3-8H2,1-2H3,(H,17,18). The van der Waals surface area contributed by atoms with E-state index in [1.807, 2.05) is 11.8 Å². The Bertz CT molecular complexity index is 665. The van der Waals surface area contributed by atoms with Crippen LogP contribution in [0.15, 0.2) is 12.1 Å².